The number of hydrogen-bond acceptors (Lipinski definition) is 4. The molecule has 1 aliphatic heterocycles. The normalized spacial score (nSPS) is 19.0. The summed E-state index contributed by atoms with van der Waals surface area (Å²) in [5.74, 6) is 5.67. The Morgan fingerprint density at radius 2 is 2.29 bits per heavy atom. The number of nitrogens with zero attached hydrogens (tertiary/aromatic N) is 3. The van der Waals surface area contributed by atoms with Crippen molar-refractivity contribution in [1.82, 2.24) is 14.8 Å². The summed E-state index contributed by atoms with van der Waals surface area (Å²) in [6.45, 7) is 8.08. The third kappa shape index (κ3) is 3.81. The van der Waals surface area contributed by atoms with Gasteiger partial charge in [0.1, 0.15) is 5.69 Å². The van der Waals surface area contributed by atoms with E-state index in [0.29, 0.717) is 18.3 Å². The molecule has 2 N–H and O–H groups in total. The molecule has 2 heterocycles. The van der Waals surface area contributed by atoms with Crippen molar-refractivity contribution in [2.24, 2.45) is 5.73 Å². The van der Waals surface area contributed by atoms with Crippen molar-refractivity contribution in [2.75, 3.05) is 32.7 Å². The molecule has 0 aromatic carbocycles. The monoisotopic (exact) mass is 286 g/mol. The smallest absolute Gasteiger partial charge is 0.272 e. The largest absolute Gasteiger partial charge is 0.334 e. The van der Waals surface area contributed by atoms with Crippen molar-refractivity contribution >= 4 is 5.91 Å². The number of carbonyl (C=O) groups is 1. The van der Waals surface area contributed by atoms with E-state index in [-0.39, 0.29) is 5.91 Å². The lowest BCUT2D eigenvalue weighted by molar-refractivity contribution is 0.0523. The molecule has 5 nitrogen and oxygen atoms in total. The van der Waals surface area contributed by atoms with Crippen molar-refractivity contribution in [2.45, 2.75) is 19.9 Å². The number of aromatic nitrogens is 1. The zero-order valence-electron chi connectivity index (χ0n) is 12.7. The maximum Gasteiger partial charge on any atom is 0.272 e. The van der Waals surface area contributed by atoms with Crippen LogP contribution in [0, 0.1) is 11.8 Å². The summed E-state index contributed by atoms with van der Waals surface area (Å²) in [7, 11) is 0. The molecule has 112 valence electrons. The van der Waals surface area contributed by atoms with Gasteiger partial charge in [-0.2, -0.15) is 0 Å². The SMILES string of the molecule is CCN1CCN(C(=O)c2ccc(C#CCN)cn2)CC1C. The van der Waals surface area contributed by atoms with E-state index in [1.165, 1.54) is 0 Å². The average molecular weight is 286 g/mol. The van der Waals surface area contributed by atoms with Gasteiger partial charge in [-0.3, -0.25) is 9.69 Å². The van der Waals surface area contributed by atoms with Gasteiger partial charge in [0.05, 0.1) is 6.54 Å². The Hall–Kier alpha value is -1.90. The molecule has 21 heavy (non-hydrogen) atoms. The number of piperazine rings is 1. The van der Waals surface area contributed by atoms with Crippen molar-refractivity contribution in [3.8, 4) is 11.8 Å². The Balaban J connectivity index is 2.03. The number of likely N-dealkylation sites (N-methyl/N-ethyl adjacent to an activating group) is 1. The Morgan fingerprint density at radius 1 is 1.48 bits per heavy atom. The van der Waals surface area contributed by atoms with Crippen molar-refractivity contribution in [3.05, 3.63) is 29.6 Å². The molecule has 0 bridgehead atoms. The average Bonchev–Trinajstić information content (AvgIpc) is 2.52. The van der Waals surface area contributed by atoms with Gasteiger partial charge in [-0.05, 0) is 25.6 Å². The highest BCUT2D eigenvalue weighted by molar-refractivity contribution is 5.92. The van der Waals surface area contributed by atoms with Crippen LogP contribution in [0.2, 0.25) is 0 Å². The van der Waals surface area contributed by atoms with Gasteiger partial charge in [-0.1, -0.05) is 18.8 Å². The molecular formula is C16H22N4O. The van der Waals surface area contributed by atoms with Crippen LogP contribution in [0.15, 0.2) is 18.3 Å². The molecule has 0 aliphatic carbocycles. The second kappa shape index (κ2) is 7.21. The zero-order valence-corrected chi connectivity index (χ0v) is 12.7. The van der Waals surface area contributed by atoms with E-state index < -0.39 is 0 Å². The molecule has 5 heteroatoms. The minimum atomic E-state index is -0.00376. The summed E-state index contributed by atoms with van der Waals surface area (Å²) in [6, 6.07) is 3.94. The van der Waals surface area contributed by atoms with Crippen LogP contribution in [0.25, 0.3) is 0 Å². The fourth-order valence-electron chi connectivity index (χ4n) is 2.56. The highest BCUT2D eigenvalue weighted by atomic mass is 16.2. The van der Waals surface area contributed by atoms with Gasteiger partial charge in [0.2, 0.25) is 0 Å². The third-order valence-corrected chi connectivity index (χ3v) is 3.78. The number of carbonyl (C=O) groups excluding carboxylic acids is 1. The predicted molar refractivity (Wildman–Crippen MR) is 82.8 cm³/mol. The van der Waals surface area contributed by atoms with Crippen LogP contribution in [-0.2, 0) is 0 Å². The van der Waals surface area contributed by atoms with Crippen LogP contribution in [0.5, 0.6) is 0 Å². The number of pyridine rings is 1. The molecule has 1 atom stereocenters. The molecule has 1 aromatic rings. The fraction of sp³-hybridized carbons (Fsp3) is 0.500. The number of rotatable bonds is 2. The van der Waals surface area contributed by atoms with Gasteiger partial charge in [-0.15, -0.1) is 0 Å². The van der Waals surface area contributed by atoms with Gasteiger partial charge in [0.15, 0.2) is 0 Å². The van der Waals surface area contributed by atoms with Crippen LogP contribution < -0.4 is 5.73 Å². The molecule has 0 radical (unpaired) electrons. The summed E-state index contributed by atoms with van der Waals surface area (Å²) in [5, 5.41) is 0. The lowest BCUT2D eigenvalue weighted by Crippen LogP contribution is -2.53. The maximum atomic E-state index is 12.5. The van der Waals surface area contributed by atoms with Crippen LogP contribution >= 0.6 is 0 Å². The molecule has 1 aliphatic rings. The molecule has 0 saturated carbocycles. The van der Waals surface area contributed by atoms with Crippen molar-refractivity contribution in [3.63, 3.8) is 0 Å². The highest BCUT2D eigenvalue weighted by Gasteiger charge is 2.26. The summed E-state index contributed by atoms with van der Waals surface area (Å²) < 4.78 is 0. The lowest BCUT2D eigenvalue weighted by Gasteiger charge is -2.39. The van der Waals surface area contributed by atoms with Gasteiger partial charge < -0.3 is 10.6 Å². The topological polar surface area (TPSA) is 62.5 Å². The van der Waals surface area contributed by atoms with E-state index in [1.807, 2.05) is 11.0 Å². The van der Waals surface area contributed by atoms with E-state index in [9.17, 15) is 4.79 Å². The molecule has 1 aromatic heterocycles. The first-order chi connectivity index (χ1) is 10.2. The van der Waals surface area contributed by atoms with Crippen LogP contribution in [0.1, 0.15) is 29.9 Å². The van der Waals surface area contributed by atoms with E-state index in [0.717, 1.165) is 31.7 Å². The zero-order chi connectivity index (χ0) is 15.2. The Morgan fingerprint density at radius 3 is 2.86 bits per heavy atom. The summed E-state index contributed by atoms with van der Waals surface area (Å²) >= 11 is 0. The molecule has 2 rings (SSSR count). The quantitative estimate of drug-likeness (QED) is 0.807. The van der Waals surface area contributed by atoms with E-state index in [4.69, 9.17) is 5.73 Å². The standard InChI is InChI=1S/C16H22N4O/c1-3-19-9-10-20(12-13(19)2)16(21)15-7-6-14(11-18-15)5-4-8-17/h6-7,11,13H,3,8-10,12,17H2,1-2H3. The van der Waals surface area contributed by atoms with Gasteiger partial charge in [0, 0.05) is 37.4 Å². The van der Waals surface area contributed by atoms with Crippen molar-refractivity contribution in [1.29, 1.82) is 0 Å². The van der Waals surface area contributed by atoms with Gasteiger partial charge in [0.25, 0.3) is 5.91 Å². The number of amides is 1. The summed E-state index contributed by atoms with van der Waals surface area (Å²) in [4.78, 5) is 20.9. The number of nitrogens with two attached hydrogens (primary N) is 1. The summed E-state index contributed by atoms with van der Waals surface area (Å²) in [6.07, 6.45) is 1.63. The third-order valence-electron chi connectivity index (χ3n) is 3.78. The number of hydrogen-bond donors (Lipinski definition) is 1. The van der Waals surface area contributed by atoms with Crippen molar-refractivity contribution < 1.29 is 4.79 Å². The highest BCUT2D eigenvalue weighted by Crippen LogP contribution is 2.12. The molecule has 1 unspecified atom stereocenters. The maximum absolute atomic E-state index is 12.5. The fourth-order valence-corrected chi connectivity index (χ4v) is 2.56. The Bertz CT molecular complexity index is 544. The molecule has 0 spiro atoms. The Kier molecular flexibility index (Phi) is 5.32. The first-order valence-corrected chi connectivity index (χ1v) is 7.34. The van der Waals surface area contributed by atoms with Gasteiger partial charge in [-0.25, -0.2) is 4.98 Å². The molecule has 1 amide bonds. The van der Waals surface area contributed by atoms with Crippen LogP contribution in [0.3, 0.4) is 0 Å². The second-order valence-electron chi connectivity index (χ2n) is 5.17. The molecule has 1 saturated heterocycles. The van der Waals surface area contributed by atoms with E-state index in [2.05, 4.69) is 35.6 Å². The minimum Gasteiger partial charge on any atom is -0.334 e. The van der Waals surface area contributed by atoms with Gasteiger partial charge >= 0.3 is 0 Å². The molecular weight excluding hydrogens is 264 g/mol. The first kappa shape index (κ1) is 15.5. The summed E-state index contributed by atoms with van der Waals surface area (Å²) in [5.41, 5.74) is 6.58. The van der Waals surface area contributed by atoms with E-state index in [1.54, 1.807) is 12.3 Å². The minimum absolute atomic E-state index is 0.00376. The first-order valence-electron chi connectivity index (χ1n) is 7.34. The lowest BCUT2D eigenvalue weighted by atomic mass is 10.1. The molecule has 1 fully saturated rings. The predicted octanol–water partition coefficient (Wildman–Crippen LogP) is 0.558. The van der Waals surface area contributed by atoms with E-state index >= 15 is 0 Å². The van der Waals surface area contributed by atoms with Crippen LogP contribution in [0.4, 0.5) is 0 Å². The second-order valence-corrected chi connectivity index (χ2v) is 5.17. The van der Waals surface area contributed by atoms with Crippen LogP contribution in [-0.4, -0.2) is 59.5 Å². The Labute approximate surface area is 126 Å².